The number of aliphatic hydroxyl groups excluding tert-OH is 1. The molecule has 1 aliphatic heterocycles. The average molecular weight is 259 g/mol. The van der Waals surface area contributed by atoms with Gasteiger partial charge in [0, 0.05) is 19.2 Å². The summed E-state index contributed by atoms with van der Waals surface area (Å²) in [5.74, 6) is 0.215. The highest BCUT2D eigenvalue weighted by Gasteiger charge is 2.31. The molecule has 0 amide bonds. The van der Waals surface area contributed by atoms with Crippen LogP contribution in [0.4, 0.5) is 13.2 Å². The number of hydrogen-bond acceptors (Lipinski definition) is 2. The number of alkyl halides is 3. The van der Waals surface area contributed by atoms with Crippen LogP contribution < -0.4 is 5.32 Å². The monoisotopic (exact) mass is 259 g/mol. The highest BCUT2D eigenvalue weighted by atomic mass is 19.4. The highest BCUT2D eigenvalue weighted by molar-refractivity contribution is 5.28. The third-order valence-electron chi connectivity index (χ3n) is 3.39. The van der Waals surface area contributed by atoms with E-state index in [1.165, 1.54) is 12.1 Å². The van der Waals surface area contributed by atoms with Gasteiger partial charge < -0.3 is 10.4 Å². The van der Waals surface area contributed by atoms with Crippen molar-refractivity contribution in [1.82, 2.24) is 5.32 Å². The zero-order chi connectivity index (χ0) is 13.2. The third kappa shape index (κ3) is 3.03. The van der Waals surface area contributed by atoms with E-state index < -0.39 is 11.7 Å². The predicted octanol–water partition coefficient (Wildman–Crippen LogP) is 2.74. The smallest absolute Gasteiger partial charge is 0.396 e. The second-order valence-electron chi connectivity index (χ2n) is 4.71. The number of nitrogens with one attached hydrogen (secondary N) is 1. The van der Waals surface area contributed by atoms with Crippen LogP contribution >= 0.6 is 0 Å². The maximum atomic E-state index is 12.6. The van der Waals surface area contributed by atoms with Crippen molar-refractivity contribution in [3.05, 3.63) is 35.4 Å². The lowest BCUT2D eigenvalue weighted by Crippen LogP contribution is -2.34. The first-order valence-corrected chi connectivity index (χ1v) is 6.02. The molecule has 0 aliphatic carbocycles. The molecule has 1 heterocycles. The minimum atomic E-state index is -4.29. The van der Waals surface area contributed by atoms with Crippen molar-refractivity contribution in [3.63, 3.8) is 0 Å². The molecule has 1 saturated heterocycles. The molecule has 1 aromatic carbocycles. The van der Waals surface area contributed by atoms with Crippen LogP contribution in [0, 0.1) is 5.92 Å². The van der Waals surface area contributed by atoms with E-state index >= 15 is 0 Å². The van der Waals surface area contributed by atoms with E-state index in [1.807, 2.05) is 0 Å². The van der Waals surface area contributed by atoms with Gasteiger partial charge >= 0.3 is 6.18 Å². The van der Waals surface area contributed by atoms with Gasteiger partial charge in [0.2, 0.25) is 0 Å². The van der Waals surface area contributed by atoms with E-state index in [2.05, 4.69) is 5.32 Å². The molecule has 100 valence electrons. The van der Waals surface area contributed by atoms with Crippen molar-refractivity contribution >= 4 is 0 Å². The van der Waals surface area contributed by atoms with Crippen molar-refractivity contribution < 1.29 is 18.3 Å². The average Bonchev–Trinajstić information content (AvgIpc) is 2.38. The summed E-state index contributed by atoms with van der Waals surface area (Å²) < 4.78 is 37.8. The number of benzene rings is 1. The fraction of sp³-hybridized carbons (Fsp3) is 0.538. The molecule has 1 fully saturated rings. The molecule has 0 aromatic heterocycles. The molecule has 0 bridgehead atoms. The molecule has 0 saturated carbocycles. The lowest BCUT2D eigenvalue weighted by Gasteiger charge is -2.29. The Morgan fingerprint density at radius 3 is 2.61 bits per heavy atom. The summed E-state index contributed by atoms with van der Waals surface area (Å²) >= 11 is 0. The lowest BCUT2D eigenvalue weighted by molar-refractivity contribution is -0.137. The first kappa shape index (κ1) is 13.4. The number of piperidine rings is 1. The Kier molecular flexibility index (Phi) is 3.92. The van der Waals surface area contributed by atoms with Gasteiger partial charge in [-0.15, -0.1) is 0 Å². The Hall–Kier alpha value is -1.07. The van der Waals surface area contributed by atoms with Crippen LogP contribution in [0.25, 0.3) is 0 Å². The van der Waals surface area contributed by atoms with Gasteiger partial charge in [-0.3, -0.25) is 0 Å². The van der Waals surface area contributed by atoms with E-state index in [4.69, 9.17) is 5.11 Å². The van der Waals surface area contributed by atoms with Crippen molar-refractivity contribution in [2.45, 2.75) is 25.1 Å². The van der Waals surface area contributed by atoms with E-state index in [1.54, 1.807) is 6.07 Å². The molecule has 2 unspecified atom stereocenters. The first-order chi connectivity index (χ1) is 8.50. The summed E-state index contributed by atoms with van der Waals surface area (Å²) in [4.78, 5) is 0. The van der Waals surface area contributed by atoms with Gasteiger partial charge in [-0.25, -0.2) is 0 Å². The molecule has 5 heteroatoms. The summed E-state index contributed by atoms with van der Waals surface area (Å²) in [5, 5.41) is 12.2. The summed E-state index contributed by atoms with van der Waals surface area (Å²) in [6.45, 7) is 0.778. The van der Waals surface area contributed by atoms with Crippen molar-refractivity contribution in [1.29, 1.82) is 0 Å². The summed E-state index contributed by atoms with van der Waals surface area (Å²) in [7, 11) is 0. The standard InChI is InChI=1S/C13H16F3NO/c14-13(15,16)11-3-1-2-10(6-11)12-5-4-9(8-18)7-17-12/h1-3,6,9,12,17-18H,4-5,7-8H2. The van der Waals surface area contributed by atoms with Gasteiger partial charge in [0.1, 0.15) is 0 Å². The van der Waals surface area contributed by atoms with Gasteiger partial charge in [-0.05, 0) is 36.5 Å². The van der Waals surface area contributed by atoms with Crippen molar-refractivity contribution in [3.8, 4) is 0 Å². The zero-order valence-corrected chi connectivity index (χ0v) is 9.87. The number of hydrogen-bond donors (Lipinski definition) is 2. The molecular formula is C13H16F3NO. The second-order valence-corrected chi connectivity index (χ2v) is 4.71. The Morgan fingerprint density at radius 2 is 2.06 bits per heavy atom. The van der Waals surface area contributed by atoms with Gasteiger partial charge in [0.25, 0.3) is 0 Å². The predicted molar refractivity (Wildman–Crippen MR) is 62.0 cm³/mol. The fourth-order valence-electron chi connectivity index (χ4n) is 2.29. The van der Waals surface area contributed by atoms with Crippen molar-refractivity contribution in [2.24, 2.45) is 5.92 Å². The molecule has 2 nitrogen and oxygen atoms in total. The molecule has 2 atom stereocenters. The van der Waals surface area contributed by atoms with Gasteiger partial charge in [-0.1, -0.05) is 12.1 Å². The van der Waals surface area contributed by atoms with Crippen LogP contribution in [0.15, 0.2) is 24.3 Å². The van der Waals surface area contributed by atoms with Gasteiger partial charge in [-0.2, -0.15) is 13.2 Å². The number of aliphatic hydroxyl groups is 1. The van der Waals surface area contributed by atoms with Gasteiger partial charge in [0.05, 0.1) is 5.56 Å². The molecular weight excluding hydrogens is 243 g/mol. The number of halogens is 3. The van der Waals surface area contributed by atoms with Crippen LogP contribution in [0.5, 0.6) is 0 Å². The van der Waals surface area contributed by atoms with E-state index in [0.717, 1.165) is 18.9 Å². The molecule has 1 aliphatic rings. The van der Waals surface area contributed by atoms with E-state index in [0.29, 0.717) is 12.1 Å². The SMILES string of the molecule is OCC1CCC(c2cccc(C(F)(F)F)c2)NC1. The van der Waals surface area contributed by atoms with Crippen molar-refractivity contribution in [2.75, 3.05) is 13.2 Å². The summed E-state index contributed by atoms with van der Waals surface area (Å²) in [5.41, 5.74) is 0.0623. The molecule has 2 N–H and O–H groups in total. The maximum Gasteiger partial charge on any atom is 0.416 e. The molecule has 0 radical (unpaired) electrons. The lowest BCUT2D eigenvalue weighted by atomic mass is 9.91. The normalized spacial score (nSPS) is 25.1. The maximum absolute atomic E-state index is 12.6. The Morgan fingerprint density at radius 1 is 1.28 bits per heavy atom. The second kappa shape index (κ2) is 5.28. The summed E-state index contributed by atoms with van der Waals surface area (Å²) in [6.07, 6.45) is -2.70. The minimum absolute atomic E-state index is 0.0462. The minimum Gasteiger partial charge on any atom is -0.396 e. The Labute approximate surface area is 104 Å². The highest BCUT2D eigenvalue weighted by Crippen LogP contribution is 2.32. The van der Waals surface area contributed by atoms with Crippen LogP contribution in [0.1, 0.15) is 30.0 Å². The molecule has 2 rings (SSSR count). The largest absolute Gasteiger partial charge is 0.416 e. The van der Waals surface area contributed by atoms with Crippen LogP contribution in [-0.4, -0.2) is 18.3 Å². The fourth-order valence-corrected chi connectivity index (χ4v) is 2.29. The molecule has 1 aromatic rings. The van der Waals surface area contributed by atoms with Crippen LogP contribution in [0.3, 0.4) is 0 Å². The zero-order valence-electron chi connectivity index (χ0n) is 9.87. The first-order valence-electron chi connectivity index (χ1n) is 6.02. The Balaban J connectivity index is 2.10. The Bertz CT molecular complexity index is 397. The quantitative estimate of drug-likeness (QED) is 0.856. The van der Waals surface area contributed by atoms with E-state index in [-0.39, 0.29) is 18.6 Å². The number of rotatable bonds is 2. The van der Waals surface area contributed by atoms with Crippen LogP contribution in [-0.2, 0) is 6.18 Å². The molecule has 0 spiro atoms. The van der Waals surface area contributed by atoms with Crippen LogP contribution in [0.2, 0.25) is 0 Å². The topological polar surface area (TPSA) is 32.3 Å². The molecule has 18 heavy (non-hydrogen) atoms. The van der Waals surface area contributed by atoms with Gasteiger partial charge in [0.15, 0.2) is 0 Å². The third-order valence-corrected chi connectivity index (χ3v) is 3.39. The van der Waals surface area contributed by atoms with E-state index in [9.17, 15) is 13.2 Å². The summed E-state index contributed by atoms with van der Waals surface area (Å²) in [6, 6.07) is 5.40.